The fourth-order valence-electron chi connectivity index (χ4n) is 2.69. The van der Waals surface area contributed by atoms with Crippen molar-refractivity contribution in [2.75, 3.05) is 31.8 Å². The first kappa shape index (κ1) is 17.4. The molecular formula is C18H19FN2O3S. The molecule has 0 spiro atoms. The molecule has 132 valence electrons. The van der Waals surface area contributed by atoms with Crippen LogP contribution in [0.5, 0.6) is 11.5 Å². The summed E-state index contributed by atoms with van der Waals surface area (Å²) in [5.41, 5.74) is 1.36. The largest absolute Gasteiger partial charge is 0.497 e. The Bertz CT molecular complexity index is 749. The maximum absolute atomic E-state index is 13.5. The maximum atomic E-state index is 13.5. The molecule has 1 atom stereocenters. The fourth-order valence-corrected chi connectivity index (χ4v) is 3.93. The molecule has 0 aliphatic carbocycles. The standard InChI is InChI=1S/C18H19FN2O3S/c1-23-15-9-14(10-16(11-15)24-2)20-18(22)21-6-7-25-17(21)12-4-3-5-13(19)8-12/h3-5,8-11,17H,6-7H2,1-2H3,(H,20,22)/t17-/m0/s1. The van der Waals surface area contributed by atoms with Crippen LogP contribution < -0.4 is 14.8 Å². The van der Waals surface area contributed by atoms with Gasteiger partial charge >= 0.3 is 6.03 Å². The molecule has 1 fully saturated rings. The highest BCUT2D eigenvalue weighted by Crippen LogP contribution is 2.38. The van der Waals surface area contributed by atoms with E-state index < -0.39 is 0 Å². The molecule has 0 aromatic heterocycles. The molecule has 1 aliphatic rings. The molecule has 0 bridgehead atoms. The highest BCUT2D eigenvalue weighted by molar-refractivity contribution is 7.99. The molecule has 2 amide bonds. The number of thioether (sulfide) groups is 1. The van der Waals surface area contributed by atoms with E-state index in [2.05, 4.69) is 5.32 Å². The average Bonchev–Trinajstić information content (AvgIpc) is 3.11. The van der Waals surface area contributed by atoms with Crippen LogP contribution in [0.2, 0.25) is 0 Å². The van der Waals surface area contributed by atoms with E-state index in [0.717, 1.165) is 11.3 Å². The SMILES string of the molecule is COc1cc(NC(=O)N2CCS[C@H]2c2cccc(F)c2)cc(OC)c1. The molecule has 5 nitrogen and oxygen atoms in total. The molecule has 25 heavy (non-hydrogen) atoms. The lowest BCUT2D eigenvalue weighted by Crippen LogP contribution is -2.34. The second kappa shape index (κ2) is 7.65. The highest BCUT2D eigenvalue weighted by Gasteiger charge is 2.31. The normalized spacial score (nSPS) is 16.6. The van der Waals surface area contributed by atoms with Crippen LogP contribution in [-0.4, -0.2) is 37.4 Å². The Balaban J connectivity index is 1.78. The molecule has 1 saturated heterocycles. The van der Waals surface area contributed by atoms with Gasteiger partial charge in [-0.15, -0.1) is 11.8 Å². The summed E-state index contributed by atoms with van der Waals surface area (Å²) in [6.07, 6.45) is 0. The van der Waals surface area contributed by atoms with E-state index in [-0.39, 0.29) is 17.2 Å². The molecule has 7 heteroatoms. The molecule has 1 N–H and O–H groups in total. The van der Waals surface area contributed by atoms with Crippen molar-refractivity contribution >= 4 is 23.5 Å². The van der Waals surface area contributed by atoms with Crippen molar-refractivity contribution in [2.24, 2.45) is 0 Å². The summed E-state index contributed by atoms with van der Waals surface area (Å²) in [5, 5.41) is 2.66. The number of ether oxygens (including phenoxy) is 2. The number of nitrogens with zero attached hydrogens (tertiary/aromatic N) is 1. The summed E-state index contributed by atoms with van der Waals surface area (Å²) in [7, 11) is 3.11. The minimum absolute atomic E-state index is 0.205. The third kappa shape index (κ3) is 3.99. The molecule has 1 aliphatic heterocycles. The Kier molecular flexibility index (Phi) is 5.33. The van der Waals surface area contributed by atoms with E-state index in [9.17, 15) is 9.18 Å². The number of anilines is 1. The zero-order valence-electron chi connectivity index (χ0n) is 14.0. The van der Waals surface area contributed by atoms with Crippen LogP contribution in [0.15, 0.2) is 42.5 Å². The first-order valence-electron chi connectivity index (χ1n) is 7.78. The summed E-state index contributed by atoms with van der Waals surface area (Å²) >= 11 is 1.62. The van der Waals surface area contributed by atoms with Crippen molar-refractivity contribution in [3.63, 3.8) is 0 Å². The van der Waals surface area contributed by atoms with Gasteiger partial charge in [-0.3, -0.25) is 0 Å². The molecule has 0 saturated carbocycles. The monoisotopic (exact) mass is 362 g/mol. The zero-order valence-corrected chi connectivity index (χ0v) is 14.8. The number of methoxy groups -OCH3 is 2. The van der Waals surface area contributed by atoms with E-state index in [1.165, 1.54) is 12.1 Å². The maximum Gasteiger partial charge on any atom is 0.323 e. The molecule has 3 rings (SSSR count). The van der Waals surface area contributed by atoms with E-state index in [1.807, 2.05) is 6.07 Å². The van der Waals surface area contributed by atoms with Crippen LogP contribution in [-0.2, 0) is 0 Å². The molecule has 2 aromatic rings. The van der Waals surface area contributed by atoms with Gasteiger partial charge in [0.1, 0.15) is 22.7 Å². The van der Waals surface area contributed by atoms with Gasteiger partial charge in [-0.25, -0.2) is 9.18 Å². The summed E-state index contributed by atoms with van der Waals surface area (Å²) in [6, 6.07) is 11.3. The number of urea groups is 1. The average molecular weight is 362 g/mol. The van der Waals surface area contributed by atoms with Crippen LogP contribution >= 0.6 is 11.8 Å². The summed E-state index contributed by atoms with van der Waals surface area (Å²) in [6.45, 7) is 0.596. The topological polar surface area (TPSA) is 50.8 Å². The van der Waals surface area contributed by atoms with Gasteiger partial charge in [0, 0.05) is 36.2 Å². The summed E-state index contributed by atoms with van der Waals surface area (Å²) < 4.78 is 23.9. The van der Waals surface area contributed by atoms with Gasteiger partial charge in [-0.1, -0.05) is 12.1 Å². The van der Waals surface area contributed by atoms with Crippen LogP contribution in [0.1, 0.15) is 10.9 Å². The fraction of sp³-hybridized carbons (Fsp3) is 0.278. The summed E-state index contributed by atoms with van der Waals surface area (Å²) in [4.78, 5) is 14.4. The lowest BCUT2D eigenvalue weighted by atomic mass is 10.2. The van der Waals surface area contributed by atoms with Gasteiger partial charge in [-0.05, 0) is 17.7 Å². The van der Waals surface area contributed by atoms with E-state index in [0.29, 0.717) is 23.7 Å². The molecule has 1 heterocycles. The minimum atomic E-state index is -0.303. The third-order valence-corrected chi connectivity index (χ3v) is 5.15. The summed E-state index contributed by atoms with van der Waals surface area (Å²) in [5.74, 6) is 1.68. The Morgan fingerprint density at radius 3 is 2.56 bits per heavy atom. The van der Waals surface area contributed by atoms with Gasteiger partial charge < -0.3 is 19.7 Å². The number of amides is 2. The number of halogens is 1. The number of rotatable bonds is 4. The number of carbonyl (C=O) groups excluding carboxylic acids is 1. The number of benzene rings is 2. The quantitative estimate of drug-likeness (QED) is 0.889. The Morgan fingerprint density at radius 2 is 1.92 bits per heavy atom. The molecule has 2 aromatic carbocycles. The Labute approximate surface area is 150 Å². The number of hydrogen-bond acceptors (Lipinski definition) is 4. The van der Waals surface area contributed by atoms with Crippen molar-refractivity contribution in [1.82, 2.24) is 4.90 Å². The number of nitrogens with one attached hydrogen (secondary N) is 1. The minimum Gasteiger partial charge on any atom is -0.497 e. The lowest BCUT2D eigenvalue weighted by Gasteiger charge is -2.24. The van der Waals surface area contributed by atoms with Crippen molar-refractivity contribution in [3.8, 4) is 11.5 Å². The third-order valence-electron chi connectivity index (χ3n) is 3.89. The van der Waals surface area contributed by atoms with Crippen molar-refractivity contribution in [2.45, 2.75) is 5.37 Å². The predicted octanol–water partition coefficient (Wildman–Crippen LogP) is 4.12. The van der Waals surface area contributed by atoms with Crippen molar-refractivity contribution in [1.29, 1.82) is 0 Å². The predicted molar refractivity (Wildman–Crippen MR) is 96.9 cm³/mol. The Hall–Kier alpha value is -2.41. The van der Waals surface area contributed by atoms with Crippen LogP contribution in [0.25, 0.3) is 0 Å². The molecular weight excluding hydrogens is 343 g/mol. The smallest absolute Gasteiger partial charge is 0.323 e. The van der Waals surface area contributed by atoms with Crippen molar-refractivity contribution < 1.29 is 18.7 Å². The molecule has 0 radical (unpaired) electrons. The Morgan fingerprint density at radius 1 is 1.20 bits per heavy atom. The molecule has 0 unspecified atom stereocenters. The van der Waals surface area contributed by atoms with E-state index in [4.69, 9.17) is 9.47 Å². The van der Waals surface area contributed by atoms with Crippen LogP contribution in [0.4, 0.5) is 14.9 Å². The van der Waals surface area contributed by atoms with Gasteiger partial charge in [0.2, 0.25) is 0 Å². The first-order valence-corrected chi connectivity index (χ1v) is 8.83. The lowest BCUT2D eigenvalue weighted by molar-refractivity contribution is 0.214. The van der Waals surface area contributed by atoms with Crippen molar-refractivity contribution in [3.05, 3.63) is 53.8 Å². The van der Waals surface area contributed by atoms with E-state index >= 15 is 0 Å². The first-order chi connectivity index (χ1) is 12.1. The van der Waals surface area contributed by atoms with Gasteiger partial charge in [0.15, 0.2) is 0 Å². The van der Waals surface area contributed by atoms with Gasteiger partial charge in [0.05, 0.1) is 14.2 Å². The number of carbonyl (C=O) groups is 1. The van der Waals surface area contributed by atoms with Crippen LogP contribution in [0.3, 0.4) is 0 Å². The second-order valence-electron chi connectivity index (χ2n) is 5.50. The second-order valence-corrected chi connectivity index (χ2v) is 6.69. The van der Waals surface area contributed by atoms with Gasteiger partial charge in [-0.2, -0.15) is 0 Å². The number of hydrogen-bond donors (Lipinski definition) is 1. The highest BCUT2D eigenvalue weighted by atomic mass is 32.2. The van der Waals surface area contributed by atoms with E-state index in [1.54, 1.807) is 55.1 Å². The zero-order chi connectivity index (χ0) is 17.8. The van der Waals surface area contributed by atoms with Gasteiger partial charge in [0.25, 0.3) is 0 Å². The van der Waals surface area contributed by atoms with Crippen LogP contribution in [0, 0.1) is 5.82 Å².